The van der Waals surface area contributed by atoms with Crippen LogP contribution in [0.25, 0.3) is 0 Å². The number of amides is 1. The molecule has 9 heteroatoms. The van der Waals surface area contributed by atoms with Crippen molar-refractivity contribution in [2.75, 3.05) is 29.5 Å². The summed E-state index contributed by atoms with van der Waals surface area (Å²) in [5.74, 6) is -1.07. The topological polar surface area (TPSA) is 92.8 Å². The Morgan fingerprint density at radius 2 is 1.81 bits per heavy atom. The van der Waals surface area contributed by atoms with Gasteiger partial charge in [-0.15, -0.1) is 0 Å². The number of hydrogen-bond donors (Lipinski definition) is 1. The van der Waals surface area contributed by atoms with Crippen LogP contribution in [0.5, 0.6) is 0 Å². The van der Waals surface area contributed by atoms with Crippen molar-refractivity contribution in [1.29, 1.82) is 0 Å². The fourth-order valence-electron chi connectivity index (χ4n) is 2.18. The molecule has 138 valence electrons. The summed E-state index contributed by atoms with van der Waals surface area (Å²) in [7, 11) is -2.40. The highest BCUT2D eigenvalue weighted by molar-refractivity contribution is 9.10. The molecule has 0 aliphatic rings. The van der Waals surface area contributed by atoms with Crippen molar-refractivity contribution in [3.63, 3.8) is 0 Å². The smallest absolute Gasteiger partial charge is 0.337 e. The van der Waals surface area contributed by atoms with E-state index in [1.54, 1.807) is 42.5 Å². The van der Waals surface area contributed by atoms with Crippen molar-refractivity contribution in [3.05, 3.63) is 58.6 Å². The summed E-state index contributed by atoms with van der Waals surface area (Å²) in [6.45, 7) is -0.400. The third-order valence-corrected chi connectivity index (χ3v) is 5.04. The van der Waals surface area contributed by atoms with E-state index >= 15 is 0 Å². The number of halogens is 1. The first-order chi connectivity index (χ1) is 12.2. The summed E-state index contributed by atoms with van der Waals surface area (Å²) < 4.78 is 30.5. The summed E-state index contributed by atoms with van der Waals surface area (Å²) >= 11 is 3.28. The fourth-order valence-corrected chi connectivity index (χ4v) is 3.30. The van der Waals surface area contributed by atoms with Crippen LogP contribution >= 0.6 is 15.9 Å². The van der Waals surface area contributed by atoms with Crippen LogP contribution in [-0.4, -0.2) is 40.2 Å². The Morgan fingerprint density at radius 1 is 1.15 bits per heavy atom. The summed E-state index contributed by atoms with van der Waals surface area (Å²) in [6.07, 6.45) is 1.03. The second-order valence-corrected chi connectivity index (χ2v) is 8.19. The molecule has 0 aromatic heterocycles. The quantitative estimate of drug-likeness (QED) is 0.696. The standard InChI is InChI=1S/C17H17BrN2O5S/c1-25-17(22)12-4-3-5-14(10-12)19-16(21)11-20(26(2,23)24)15-8-6-13(18)7-9-15/h3-10H,11H2,1-2H3,(H,19,21). The van der Waals surface area contributed by atoms with Gasteiger partial charge in [-0.25, -0.2) is 13.2 Å². The Balaban J connectivity index is 2.18. The van der Waals surface area contributed by atoms with Gasteiger partial charge < -0.3 is 10.1 Å². The van der Waals surface area contributed by atoms with Crippen molar-refractivity contribution < 1.29 is 22.7 Å². The normalized spacial score (nSPS) is 10.9. The van der Waals surface area contributed by atoms with E-state index in [0.29, 0.717) is 11.4 Å². The van der Waals surface area contributed by atoms with Crippen LogP contribution in [0.4, 0.5) is 11.4 Å². The van der Waals surface area contributed by atoms with Gasteiger partial charge >= 0.3 is 5.97 Å². The number of hydrogen-bond acceptors (Lipinski definition) is 5. The number of sulfonamides is 1. The minimum atomic E-state index is -3.66. The van der Waals surface area contributed by atoms with Gasteiger partial charge in [-0.3, -0.25) is 9.10 Å². The first-order valence-corrected chi connectivity index (χ1v) is 10.1. The highest BCUT2D eigenvalue weighted by atomic mass is 79.9. The number of anilines is 2. The van der Waals surface area contributed by atoms with Crippen LogP contribution in [0, 0.1) is 0 Å². The van der Waals surface area contributed by atoms with Gasteiger partial charge in [0.2, 0.25) is 15.9 Å². The molecule has 0 saturated carbocycles. The minimum Gasteiger partial charge on any atom is -0.465 e. The first kappa shape index (κ1) is 19.9. The van der Waals surface area contributed by atoms with Crippen molar-refractivity contribution in [2.24, 2.45) is 0 Å². The number of esters is 1. The number of nitrogens with one attached hydrogen (secondary N) is 1. The predicted octanol–water partition coefficient (Wildman–Crippen LogP) is 2.64. The van der Waals surface area contributed by atoms with E-state index in [9.17, 15) is 18.0 Å². The SMILES string of the molecule is COC(=O)c1cccc(NC(=O)CN(c2ccc(Br)cc2)S(C)(=O)=O)c1. The van der Waals surface area contributed by atoms with Gasteiger partial charge in [-0.2, -0.15) is 0 Å². The minimum absolute atomic E-state index is 0.276. The zero-order valence-corrected chi connectivity index (χ0v) is 16.5. The zero-order valence-electron chi connectivity index (χ0n) is 14.1. The monoisotopic (exact) mass is 440 g/mol. The molecule has 1 amide bonds. The molecular weight excluding hydrogens is 424 g/mol. The summed E-state index contributed by atoms with van der Waals surface area (Å²) in [4.78, 5) is 23.9. The molecule has 1 N–H and O–H groups in total. The molecule has 0 radical (unpaired) electrons. The van der Waals surface area contributed by atoms with Crippen molar-refractivity contribution in [1.82, 2.24) is 0 Å². The van der Waals surface area contributed by atoms with Crippen molar-refractivity contribution >= 4 is 49.2 Å². The molecule has 7 nitrogen and oxygen atoms in total. The van der Waals surface area contributed by atoms with E-state index in [1.165, 1.54) is 13.2 Å². The van der Waals surface area contributed by atoms with E-state index < -0.39 is 28.4 Å². The molecule has 26 heavy (non-hydrogen) atoms. The van der Waals surface area contributed by atoms with E-state index in [-0.39, 0.29) is 5.56 Å². The van der Waals surface area contributed by atoms with Gasteiger partial charge in [0, 0.05) is 10.2 Å². The van der Waals surface area contributed by atoms with Crippen molar-refractivity contribution in [2.45, 2.75) is 0 Å². The van der Waals surface area contributed by atoms with Crippen LogP contribution in [0.15, 0.2) is 53.0 Å². The molecule has 0 heterocycles. The highest BCUT2D eigenvalue weighted by Crippen LogP contribution is 2.21. The second-order valence-electron chi connectivity index (χ2n) is 5.37. The molecule has 0 atom stereocenters. The third kappa shape index (κ3) is 5.30. The van der Waals surface area contributed by atoms with Crippen molar-refractivity contribution in [3.8, 4) is 0 Å². The molecule has 0 saturated heterocycles. The summed E-state index contributed by atoms with van der Waals surface area (Å²) in [6, 6.07) is 12.7. The molecule has 0 aliphatic carbocycles. The molecule has 0 spiro atoms. The maximum atomic E-state index is 12.3. The van der Waals surface area contributed by atoms with Crippen LogP contribution in [-0.2, 0) is 19.6 Å². The van der Waals surface area contributed by atoms with E-state index in [2.05, 4.69) is 26.0 Å². The molecule has 0 aliphatic heterocycles. The van der Waals surface area contributed by atoms with E-state index in [1.807, 2.05) is 0 Å². The largest absolute Gasteiger partial charge is 0.465 e. The Hall–Kier alpha value is -2.39. The highest BCUT2D eigenvalue weighted by Gasteiger charge is 2.21. The van der Waals surface area contributed by atoms with Crippen LogP contribution in [0.1, 0.15) is 10.4 Å². The van der Waals surface area contributed by atoms with Gasteiger partial charge in [-0.1, -0.05) is 22.0 Å². The van der Waals surface area contributed by atoms with E-state index in [4.69, 9.17) is 0 Å². The summed E-state index contributed by atoms with van der Waals surface area (Å²) in [5.41, 5.74) is 1.01. The Bertz CT molecular complexity index is 913. The van der Waals surface area contributed by atoms with Gasteiger partial charge in [0.15, 0.2) is 0 Å². The van der Waals surface area contributed by atoms with Crippen LogP contribution in [0.3, 0.4) is 0 Å². The fraction of sp³-hybridized carbons (Fsp3) is 0.176. The second kappa shape index (κ2) is 8.33. The number of nitrogens with zero attached hydrogens (tertiary/aromatic N) is 1. The van der Waals surface area contributed by atoms with Gasteiger partial charge in [-0.05, 0) is 42.5 Å². The first-order valence-electron chi connectivity index (χ1n) is 7.42. The molecule has 2 aromatic carbocycles. The number of ether oxygens (including phenoxy) is 1. The van der Waals surface area contributed by atoms with Gasteiger partial charge in [0.1, 0.15) is 6.54 Å². The lowest BCUT2D eigenvalue weighted by atomic mass is 10.2. The lowest BCUT2D eigenvalue weighted by molar-refractivity contribution is -0.114. The molecule has 0 unspecified atom stereocenters. The van der Waals surface area contributed by atoms with E-state index in [0.717, 1.165) is 15.0 Å². The lowest BCUT2D eigenvalue weighted by Gasteiger charge is -2.22. The molecular formula is C17H17BrN2O5S. The van der Waals surface area contributed by atoms with Crippen LogP contribution in [0.2, 0.25) is 0 Å². The lowest BCUT2D eigenvalue weighted by Crippen LogP contribution is -2.37. The number of methoxy groups -OCH3 is 1. The average molecular weight is 441 g/mol. The Labute approximate surface area is 160 Å². The number of rotatable bonds is 6. The molecule has 2 aromatic rings. The molecule has 0 bridgehead atoms. The maximum absolute atomic E-state index is 12.3. The third-order valence-electron chi connectivity index (χ3n) is 3.37. The maximum Gasteiger partial charge on any atom is 0.337 e. The molecule has 0 fully saturated rings. The zero-order chi connectivity index (χ0) is 19.3. The predicted molar refractivity (Wildman–Crippen MR) is 103 cm³/mol. The van der Waals surface area contributed by atoms with Crippen LogP contribution < -0.4 is 9.62 Å². The average Bonchev–Trinajstić information content (AvgIpc) is 2.59. The Morgan fingerprint density at radius 3 is 2.38 bits per heavy atom. The Kier molecular flexibility index (Phi) is 6.38. The van der Waals surface area contributed by atoms with Gasteiger partial charge in [0.05, 0.1) is 24.6 Å². The molecule has 2 rings (SSSR count). The number of carbonyl (C=O) groups is 2. The van der Waals surface area contributed by atoms with Gasteiger partial charge in [0.25, 0.3) is 0 Å². The number of benzene rings is 2. The number of carbonyl (C=O) groups excluding carboxylic acids is 2. The summed E-state index contributed by atoms with van der Waals surface area (Å²) in [5, 5.41) is 2.58.